The Labute approximate surface area is 169 Å². The average Bonchev–Trinajstić information content (AvgIpc) is 3.39. The number of furan rings is 1. The number of aryl methyl sites for hydroxylation is 1. The first-order valence-corrected chi connectivity index (χ1v) is 9.53. The number of carbonyl (C=O) groups is 2. The molecule has 8 nitrogen and oxygen atoms in total. The summed E-state index contributed by atoms with van der Waals surface area (Å²) in [4.78, 5) is 33.5. The summed E-state index contributed by atoms with van der Waals surface area (Å²) in [6, 6.07) is 2.22. The molecule has 3 aromatic rings. The van der Waals surface area contributed by atoms with Crippen LogP contribution in [-0.2, 0) is 4.79 Å². The number of nitrogens with zero attached hydrogens (tertiary/aromatic N) is 3. The number of thiazole rings is 1. The van der Waals surface area contributed by atoms with Crippen LogP contribution in [-0.4, -0.2) is 32.4 Å². The van der Waals surface area contributed by atoms with Gasteiger partial charge in [-0.2, -0.15) is 8.78 Å². The van der Waals surface area contributed by atoms with E-state index in [1.54, 1.807) is 26.8 Å². The SMILES string of the molecule is Cc1nc(NC(=O)[C@@H](NC(=O)c2ccco2)C(C)C)sc1-c1nccn1C(F)F. The maximum Gasteiger partial charge on any atom is 0.320 e. The Bertz CT molecular complexity index is 997. The number of hydrogen-bond acceptors (Lipinski definition) is 6. The van der Waals surface area contributed by atoms with Crippen LogP contribution in [0.3, 0.4) is 0 Å². The molecule has 0 aliphatic heterocycles. The number of carbonyl (C=O) groups excluding carboxylic acids is 2. The van der Waals surface area contributed by atoms with Crippen LogP contribution in [0.2, 0.25) is 0 Å². The molecule has 154 valence electrons. The van der Waals surface area contributed by atoms with Gasteiger partial charge in [0.1, 0.15) is 6.04 Å². The Balaban J connectivity index is 1.77. The number of rotatable bonds is 7. The van der Waals surface area contributed by atoms with E-state index in [2.05, 4.69) is 20.6 Å². The van der Waals surface area contributed by atoms with Crippen LogP contribution < -0.4 is 10.6 Å². The van der Waals surface area contributed by atoms with E-state index in [1.165, 1.54) is 24.7 Å². The molecule has 29 heavy (non-hydrogen) atoms. The van der Waals surface area contributed by atoms with E-state index < -0.39 is 24.4 Å². The van der Waals surface area contributed by atoms with Gasteiger partial charge in [0.15, 0.2) is 16.7 Å². The molecule has 2 amide bonds. The zero-order valence-electron chi connectivity index (χ0n) is 15.8. The van der Waals surface area contributed by atoms with Crippen molar-refractivity contribution >= 4 is 28.3 Å². The van der Waals surface area contributed by atoms with E-state index in [-0.39, 0.29) is 22.6 Å². The monoisotopic (exact) mass is 423 g/mol. The van der Waals surface area contributed by atoms with Crippen molar-refractivity contribution < 1.29 is 22.8 Å². The second-order valence-corrected chi connectivity index (χ2v) is 7.53. The molecular weight excluding hydrogens is 404 g/mol. The van der Waals surface area contributed by atoms with Gasteiger partial charge in [0.05, 0.1) is 16.8 Å². The Morgan fingerprint density at radius 3 is 2.69 bits per heavy atom. The first kappa shape index (κ1) is 20.6. The molecule has 1 atom stereocenters. The van der Waals surface area contributed by atoms with Gasteiger partial charge in [0.2, 0.25) is 5.91 Å². The number of hydrogen-bond donors (Lipinski definition) is 2. The summed E-state index contributed by atoms with van der Waals surface area (Å²) in [5.74, 6) is -1.04. The summed E-state index contributed by atoms with van der Waals surface area (Å²) in [7, 11) is 0. The number of alkyl halides is 2. The molecule has 0 radical (unpaired) electrons. The van der Waals surface area contributed by atoms with E-state index in [9.17, 15) is 18.4 Å². The van der Waals surface area contributed by atoms with E-state index in [0.29, 0.717) is 10.6 Å². The van der Waals surface area contributed by atoms with Crippen LogP contribution in [0, 0.1) is 12.8 Å². The molecule has 3 aromatic heterocycles. The highest BCUT2D eigenvalue weighted by atomic mass is 32.1. The third kappa shape index (κ3) is 4.50. The molecule has 0 aromatic carbocycles. The topological polar surface area (TPSA) is 102 Å². The number of aromatic nitrogens is 3. The smallest absolute Gasteiger partial charge is 0.320 e. The number of imidazole rings is 1. The van der Waals surface area contributed by atoms with Gasteiger partial charge in [0.25, 0.3) is 5.91 Å². The maximum atomic E-state index is 13.1. The molecule has 0 saturated carbocycles. The minimum absolute atomic E-state index is 0.0713. The van der Waals surface area contributed by atoms with Crippen molar-refractivity contribution in [2.24, 2.45) is 5.92 Å². The molecule has 3 heterocycles. The molecule has 0 spiro atoms. The zero-order valence-corrected chi connectivity index (χ0v) is 16.7. The number of amides is 2. The van der Waals surface area contributed by atoms with Crippen molar-refractivity contribution in [2.75, 3.05) is 5.32 Å². The Hall–Kier alpha value is -3.08. The summed E-state index contributed by atoms with van der Waals surface area (Å²) in [5, 5.41) is 5.50. The van der Waals surface area contributed by atoms with Crippen molar-refractivity contribution in [3.05, 3.63) is 42.2 Å². The number of nitrogens with one attached hydrogen (secondary N) is 2. The summed E-state index contributed by atoms with van der Waals surface area (Å²) in [6.07, 6.45) is 3.82. The second kappa shape index (κ2) is 8.52. The van der Waals surface area contributed by atoms with Crippen molar-refractivity contribution in [1.82, 2.24) is 19.9 Å². The van der Waals surface area contributed by atoms with E-state index in [0.717, 1.165) is 15.9 Å². The van der Waals surface area contributed by atoms with Crippen LogP contribution in [0.15, 0.2) is 35.2 Å². The van der Waals surface area contributed by atoms with Crippen LogP contribution in [0.4, 0.5) is 13.9 Å². The molecule has 0 aliphatic rings. The van der Waals surface area contributed by atoms with Gasteiger partial charge in [-0.05, 0) is 25.0 Å². The van der Waals surface area contributed by atoms with E-state index in [4.69, 9.17) is 4.42 Å². The van der Waals surface area contributed by atoms with Crippen molar-refractivity contribution in [1.29, 1.82) is 0 Å². The number of halogens is 2. The molecule has 0 unspecified atom stereocenters. The quantitative estimate of drug-likeness (QED) is 0.603. The number of anilines is 1. The average molecular weight is 423 g/mol. The molecule has 0 aliphatic carbocycles. The third-order valence-electron chi connectivity index (χ3n) is 4.09. The third-order valence-corrected chi connectivity index (χ3v) is 5.16. The lowest BCUT2D eigenvalue weighted by molar-refractivity contribution is -0.118. The lowest BCUT2D eigenvalue weighted by Crippen LogP contribution is -2.47. The highest BCUT2D eigenvalue weighted by molar-refractivity contribution is 7.19. The molecule has 3 rings (SSSR count). The highest BCUT2D eigenvalue weighted by Gasteiger charge is 2.27. The fourth-order valence-corrected chi connectivity index (χ4v) is 3.61. The van der Waals surface area contributed by atoms with Gasteiger partial charge >= 0.3 is 6.55 Å². The normalized spacial score (nSPS) is 12.4. The van der Waals surface area contributed by atoms with Crippen molar-refractivity contribution in [3.8, 4) is 10.7 Å². The summed E-state index contributed by atoms with van der Waals surface area (Å²) < 4.78 is 32.0. The summed E-state index contributed by atoms with van der Waals surface area (Å²) in [6.45, 7) is 2.47. The predicted molar refractivity (Wildman–Crippen MR) is 103 cm³/mol. The second-order valence-electron chi connectivity index (χ2n) is 6.53. The predicted octanol–water partition coefficient (Wildman–Crippen LogP) is 3.70. The summed E-state index contributed by atoms with van der Waals surface area (Å²) in [5.41, 5.74) is 0.458. The lowest BCUT2D eigenvalue weighted by Gasteiger charge is -2.20. The van der Waals surface area contributed by atoms with Gasteiger partial charge in [-0.15, -0.1) is 0 Å². The lowest BCUT2D eigenvalue weighted by atomic mass is 10.0. The van der Waals surface area contributed by atoms with Gasteiger partial charge in [-0.3, -0.25) is 14.2 Å². The van der Waals surface area contributed by atoms with E-state index >= 15 is 0 Å². The molecule has 11 heteroatoms. The molecule has 0 saturated heterocycles. The Morgan fingerprint density at radius 1 is 1.31 bits per heavy atom. The fourth-order valence-electron chi connectivity index (χ4n) is 2.64. The van der Waals surface area contributed by atoms with Gasteiger partial charge in [-0.1, -0.05) is 25.2 Å². The van der Waals surface area contributed by atoms with Gasteiger partial charge in [-0.25, -0.2) is 9.97 Å². The van der Waals surface area contributed by atoms with Crippen molar-refractivity contribution in [2.45, 2.75) is 33.4 Å². The van der Waals surface area contributed by atoms with Crippen molar-refractivity contribution in [3.63, 3.8) is 0 Å². The Kier molecular flexibility index (Phi) is 6.06. The standard InChI is InChI=1S/C18H19F2N5O3S/c1-9(2)12(23-15(26)11-5-4-8-28-11)16(27)24-18-22-10(3)13(29-18)14-21-6-7-25(14)17(19)20/h4-9,12,17H,1-3H3,(H,23,26)(H,22,24,27)/t12-/m0/s1. The summed E-state index contributed by atoms with van der Waals surface area (Å²) >= 11 is 1.03. The molecule has 0 bridgehead atoms. The fraction of sp³-hybridized carbons (Fsp3) is 0.333. The Morgan fingerprint density at radius 2 is 2.07 bits per heavy atom. The van der Waals surface area contributed by atoms with Crippen LogP contribution >= 0.6 is 11.3 Å². The molecule has 2 N–H and O–H groups in total. The van der Waals surface area contributed by atoms with Crippen LogP contribution in [0.25, 0.3) is 10.7 Å². The van der Waals surface area contributed by atoms with Gasteiger partial charge < -0.3 is 15.1 Å². The molecule has 0 fully saturated rings. The highest BCUT2D eigenvalue weighted by Crippen LogP contribution is 2.33. The minimum Gasteiger partial charge on any atom is -0.459 e. The van der Waals surface area contributed by atoms with Crippen LogP contribution in [0.5, 0.6) is 0 Å². The zero-order chi connectivity index (χ0) is 21.1. The first-order chi connectivity index (χ1) is 13.8. The minimum atomic E-state index is -2.74. The van der Waals surface area contributed by atoms with E-state index in [1.807, 2.05) is 0 Å². The largest absolute Gasteiger partial charge is 0.459 e. The first-order valence-electron chi connectivity index (χ1n) is 8.72. The molecular formula is C18H19F2N5O3S. The van der Waals surface area contributed by atoms with Crippen LogP contribution in [0.1, 0.15) is 36.6 Å². The maximum absolute atomic E-state index is 13.1. The van der Waals surface area contributed by atoms with Gasteiger partial charge in [0, 0.05) is 12.4 Å².